The Balaban J connectivity index is 1.84. The van der Waals surface area contributed by atoms with Crippen molar-refractivity contribution in [2.24, 2.45) is 0 Å². The number of Topliss-reactive ketones (excluding diaryl/α,β-unsaturated/α-hetero) is 1. The molecule has 0 spiro atoms. The van der Waals surface area contributed by atoms with Crippen LogP contribution in [0.15, 0.2) is 36.4 Å². The minimum atomic E-state index is -0.772. The van der Waals surface area contributed by atoms with Crippen molar-refractivity contribution in [3.63, 3.8) is 0 Å². The summed E-state index contributed by atoms with van der Waals surface area (Å²) in [6.07, 6.45) is 0.964. The van der Waals surface area contributed by atoms with Gasteiger partial charge in [0.15, 0.2) is 5.78 Å². The lowest BCUT2D eigenvalue weighted by Crippen LogP contribution is -2.21. The van der Waals surface area contributed by atoms with Crippen molar-refractivity contribution in [2.75, 3.05) is 0 Å². The normalized spacial score (nSPS) is 16.4. The first-order valence-electron chi connectivity index (χ1n) is 6.63. The zero-order valence-corrected chi connectivity index (χ0v) is 11.1. The molecule has 1 atom stereocenters. The molecule has 3 heteroatoms. The van der Waals surface area contributed by atoms with E-state index >= 15 is 0 Å². The number of hydrogen-bond acceptors (Lipinski definition) is 1. The van der Waals surface area contributed by atoms with Gasteiger partial charge in [-0.05, 0) is 42.0 Å². The fourth-order valence-electron chi connectivity index (χ4n) is 2.78. The number of halogens is 2. The second-order valence-corrected chi connectivity index (χ2v) is 5.28. The molecule has 0 heterocycles. The van der Waals surface area contributed by atoms with E-state index in [1.807, 2.05) is 24.3 Å². The average molecular weight is 272 g/mol. The van der Waals surface area contributed by atoms with Gasteiger partial charge in [-0.2, -0.15) is 0 Å². The summed E-state index contributed by atoms with van der Waals surface area (Å²) in [5.41, 5.74) is 2.24. The lowest BCUT2D eigenvalue weighted by Gasteiger charge is -2.29. The van der Waals surface area contributed by atoms with Crippen molar-refractivity contribution in [3.05, 3.63) is 70.3 Å². The summed E-state index contributed by atoms with van der Waals surface area (Å²) < 4.78 is 27.6. The minimum absolute atomic E-state index is 0.0815. The number of carbonyl (C=O) groups excluding carboxylic acids is 1. The molecule has 0 aliphatic heterocycles. The lowest BCUT2D eigenvalue weighted by atomic mass is 9.74. The van der Waals surface area contributed by atoms with Gasteiger partial charge in [0.2, 0.25) is 0 Å². The Morgan fingerprint density at radius 3 is 2.70 bits per heavy atom. The number of aryl methyl sites for hydroxylation is 1. The molecule has 0 bridgehead atoms. The summed E-state index contributed by atoms with van der Waals surface area (Å²) in [7, 11) is 0. The summed E-state index contributed by atoms with van der Waals surface area (Å²) in [4.78, 5) is 12.2. The predicted molar refractivity (Wildman–Crippen MR) is 72.9 cm³/mol. The number of fused-ring (bicyclic) bond motifs is 1. The summed E-state index contributed by atoms with van der Waals surface area (Å²) in [6.45, 7) is 1.53. The van der Waals surface area contributed by atoms with E-state index in [4.69, 9.17) is 0 Å². The summed E-state index contributed by atoms with van der Waals surface area (Å²) in [6, 6.07) is 10.4. The van der Waals surface area contributed by atoms with E-state index in [2.05, 4.69) is 0 Å². The molecular formula is C17H14F2O. The van der Waals surface area contributed by atoms with Gasteiger partial charge >= 0.3 is 0 Å². The molecule has 1 aliphatic carbocycles. The molecule has 1 nitrogen and oxygen atoms in total. The number of benzene rings is 2. The molecular weight excluding hydrogens is 258 g/mol. The van der Waals surface area contributed by atoms with E-state index in [9.17, 15) is 13.6 Å². The highest BCUT2D eigenvalue weighted by molar-refractivity contribution is 5.97. The van der Waals surface area contributed by atoms with Crippen LogP contribution in [-0.2, 0) is 6.42 Å². The third-order valence-electron chi connectivity index (χ3n) is 3.96. The predicted octanol–water partition coefficient (Wildman–Crippen LogP) is 4.19. The highest BCUT2D eigenvalue weighted by Crippen LogP contribution is 2.38. The smallest absolute Gasteiger partial charge is 0.169 e. The van der Waals surface area contributed by atoms with Gasteiger partial charge < -0.3 is 0 Å². The standard InChI is InChI=1S/C17H14F2O/c1-10-6-7-14(18)16(17(10)19)15(20)9-12-8-11-4-2-3-5-13(11)12/h2-7,12H,8-9H2,1H3. The van der Waals surface area contributed by atoms with E-state index < -0.39 is 23.0 Å². The first kappa shape index (κ1) is 13.0. The number of carbonyl (C=O) groups is 1. The van der Waals surface area contributed by atoms with Crippen molar-refractivity contribution in [2.45, 2.75) is 25.7 Å². The van der Waals surface area contributed by atoms with Crippen LogP contribution in [0.3, 0.4) is 0 Å². The van der Waals surface area contributed by atoms with Gasteiger partial charge in [0.25, 0.3) is 0 Å². The van der Waals surface area contributed by atoms with Gasteiger partial charge in [-0.25, -0.2) is 8.78 Å². The van der Waals surface area contributed by atoms with Gasteiger partial charge in [-0.15, -0.1) is 0 Å². The van der Waals surface area contributed by atoms with Crippen LogP contribution in [0.1, 0.15) is 39.4 Å². The van der Waals surface area contributed by atoms with Gasteiger partial charge in [0.05, 0.1) is 5.56 Å². The second-order valence-electron chi connectivity index (χ2n) is 5.28. The van der Waals surface area contributed by atoms with Crippen molar-refractivity contribution < 1.29 is 13.6 Å². The van der Waals surface area contributed by atoms with Crippen LogP contribution in [0, 0.1) is 18.6 Å². The Bertz CT molecular complexity index is 691. The molecule has 20 heavy (non-hydrogen) atoms. The van der Waals surface area contributed by atoms with Gasteiger partial charge in [-0.3, -0.25) is 4.79 Å². The molecule has 1 unspecified atom stereocenters. The molecule has 102 valence electrons. The van der Waals surface area contributed by atoms with Crippen molar-refractivity contribution in [3.8, 4) is 0 Å². The van der Waals surface area contributed by atoms with E-state index in [1.54, 1.807) is 0 Å². The molecule has 2 aromatic rings. The van der Waals surface area contributed by atoms with E-state index in [0.29, 0.717) is 5.56 Å². The third kappa shape index (κ3) is 2.03. The maximum Gasteiger partial charge on any atom is 0.169 e. The van der Waals surface area contributed by atoms with Crippen molar-refractivity contribution in [1.82, 2.24) is 0 Å². The van der Waals surface area contributed by atoms with E-state index in [-0.39, 0.29) is 12.3 Å². The summed E-state index contributed by atoms with van der Waals surface area (Å²) in [5, 5.41) is 0. The zero-order valence-electron chi connectivity index (χ0n) is 11.1. The third-order valence-corrected chi connectivity index (χ3v) is 3.96. The van der Waals surface area contributed by atoms with Crippen LogP contribution in [-0.4, -0.2) is 5.78 Å². The first-order valence-corrected chi connectivity index (χ1v) is 6.63. The van der Waals surface area contributed by atoms with Crippen molar-refractivity contribution in [1.29, 1.82) is 0 Å². The maximum atomic E-state index is 13.9. The largest absolute Gasteiger partial charge is 0.294 e. The number of rotatable bonds is 3. The monoisotopic (exact) mass is 272 g/mol. The van der Waals surface area contributed by atoms with Gasteiger partial charge in [0, 0.05) is 6.42 Å². The molecule has 0 amide bonds. The Morgan fingerprint density at radius 2 is 1.95 bits per heavy atom. The summed E-state index contributed by atoms with van der Waals surface area (Å²) >= 11 is 0. The molecule has 0 saturated heterocycles. The Kier molecular flexibility index (Phi) is 3.13. The van der Waals surface area contributed by atoms with Crippen LogP contribution >= 0.6 is 0 Å². The van der Waals surface area contributed by atoms with E-state index in [1.165, 1.54) is 18.6 Å². The Morgan fingerprint density at radius 1 is 1.20 bits per heavy atom. The molecule has 3 rings (SSSR count). The highest BCUT2D eigenvalue weighted by Gasteiger charge is 2.29. The first-order chi connectivity index (χ1) is 9.58. The number of ketones is 1. The van der Waals surface area contributed by atoms with Gasteiger partial charge in [0.1, 0.15) is 11.6 Å². The van der Waals surface area contributed by atoms with Crippen LogP contribution < -0.4 is 0 Å². The van der Waals surface area contributed by atoms with Crippen LogP contribution in [0.5, 0.6) is 0 Å². The lowest BCUT2D eigenvalue weighted by molar-refractivity contribution is 0.0962. The minimum Gasteiger partial charge on any atom is -0.294 e. The number of hydrogen-bond donors (Lipinski definition) is 0. The average Bonchev–Trinajstić information content (AvgIpc) is 2.41. The molecule has 1 aliphatic rings. The maximum absolute atomic E-state index is 13.9. The topological polar surface area (TPSA) is 17.1 Å². The molecule has 0 saturated carbocycles. The fraction of sp³-hybridized carbons (Fsp3) is 0.235. The molecule has 0 radical (unpaired) electrons. The Labute approximate surface area is 116 Å². The van der Waals surface area contributed by atoms with Crippen molar-refractivity contribution >= 4 is 5.78 Å². The van der Waals surface area contributed by atoms with Gasteiger partial charge in [-0.1, -0.05) is 30.3 Å². The molecule has 0 aromatic heterocycles. The van der Waals surface area contributed by atoms with E-state index in [0.717, 1.165) is 18.1 Å². The highest BCUT2D eigenvalue weighted by atomic mass is 19.1. The van der Waals surface area contributed by atoms with Crippen LogP contribution in [0.2, 0.25) is 0 Å². The Hall–Kier alpha value is -2.03. The second kappa shape index (κ2) is 4.82. The molecule has 0 N–H and O–H groups in total. The molecule has 2 aromatic carbocycles. The fourth-order valence-corrected chi connectivity index (χ4v) is 2.78. The molecule has 0 fully saturated rings. The summed E-state index contributed by atoms with van der Waals surface area (Å²) in [5.74, 6) is -1.88. The zero-order chi connectivity index (χ0) is 14.3. The quantitative estimate of drug-likeness (QED) is 0.766. The van der Waals surface area contributed by atoms with Crippen LogP contribution in [0.25, 0.3) is 0 Å². The van der Waals surface area contributed by atoms with Crippen LogP contribution in [0.4, 0.5) is 8.78 Å². The SMILES string of the molecule is Cc1ccc(F)c(C(=O)CC2Cc3ccccc32)c1F.